The Morgan fingerprint density at radius 2 is 2.18 bits per heavy atom. The van der Waals surface area contributed by atoms with E-state index in [4.69, 9.17) is 16.3 Å². The molecule has 1 unspecified atom stereocenters. The normalized spacial score (nSPS) is 17.1. The number of hydrogen-bond acceptors (Lipinski definition) is 6. The van der Waals surface area contributed by atoms with E-state index in [0.29, 0.717) is 22.8 Å². The molecule has 1 saturated heterocycles. The number of nitrogens with zero attached hydrogens (tertiary/aromatic N) is 4. The van der Waals surface area contributed by atoms with Gasteiger partial charge in [0.15, 0.2) is 5.16 Å². The number of hydrogen-bond donors (Lipinski definition) is 0. The molecular weight excluding hydrogens is 416 g/mol. The molecule has 4 heterocycles. The van der Waals surface area contributed by atoms with Crippen molar-refractivity contribution in [2.75, 3.05) is 6.61 Å². The fourth-order valence-electron chi connectivity index (χ4n) is 3.51. The van der Waals surface area contributed by atoms with Crippen LogP contribution >= 0.6 is 34.7 Å². The number of ether oxygens (including phenoxy) is 1. The third-order valence-electron chi connectivity index (χ3n) is 4.91. The summed E-state index contributed by atoms with van der Waals surface area (Å²) in [7, 11) is 0. The van der Waals surface area contributed by atoms with Crippen LogP contribution in [0.3, 0.4) is 0 Å². The Bertz CT molecular complexity index is 1210. The molecule has 1 aromatic carbocycles. The van der Waals surface area contributed by atoms with Gasteiger partial charge >= 0.3 is 0 Å². The second-order valence-electron chi connectivity index (χ2n) is 6.68. The lowest BCUT2D eigenvalue weighted by Crippen LogP contribution is -2.28. The van der Waals surface area contributed by atoms with Crippen molar-refractivity contribution in [1.29, 1.82) is 0 Å². The second-order valence-corrected chi connectivity index (χ2v) is 8.95. The minimum absolute atomic E-state index is 0.0250. The summed E-state index contributed by atoms with van der Waals surface area (Å²) in [6, 6.07) is 9.73. The quantitative estimate of drug-likeness (QED) is 0.441. The molecule has 0 spiro atoms. The van der Waals surface area contributed by atoms with Crippen molar-refractivity contribution in [2.24, 2.45) is 0 Å². The van der Waals surface area contributed by atoms with Crippen LogP contribution in [0.4, 0.5) is 0 Å². The lowest BCUT2D eigenvalue weighted by atomic mass is 10.2. The molecule has 0 radical (unpaired) electrons. The molecule has 1 aliphatic rings. The van der Waals surface area contributed by atoms with E-state index >= 15 is 0 Å². The highest BCUT2D eigenvalue weighted by atomic mass is 35.5. The van der Waals surface area contributed by atoms with Crippen LogP contribution in [0.1, 0.15) is 18.4 Å². The average Bonchev–Trinajstić information content (AvgIpc) is 3.44. The second kappa shape index (κ2) is 7.51. The van der Waals surface area contributed by atoms with Gasteiger partial charge in [0.2, 0.25) is 5.78 Å². The van der Waals surface area contributed by atoms with Crippen molar-refractivity contribution in [3.05, 3.63) is 56.7 Å². The average molecular weight is 433 g/mol. The molecule has 28 heavy (non-hydrogen) atoms. The number of thiophene rings is 1. The van der Waals surface area contributed by atoms with E-state index in [2.05, 4.69) is 10.2 Å². The lowest BCUT2D eigenvalue weighted by molar-refractivity contribution is 0.0969. The third-order valence-corrected chi connectivity index (χ3v) is 7.15. The molecule has 0 bridgehead atoms. The number of fused-ring (bicyclic) bond motifs is 3. The van der Waals surface area contributed by atoms with Gasteiger partial charge in [-0.25, -0.2) is 0 Å². The predicted octanol–water partition coefficient (Wildman–Crippen LogP) is 4.23. The first-order valence-corrected chi connectivity index (χ1v) is 11.3. The molecule has 0 amide bonds. The van der Waals surface area contributed by atoms with Crippen molar-refractivity contribution < 1.29 is 4.74 Å². The molecule has 5 rings (SSSR count). The first-order valence-electron chi connectivity index (χ1n) is 9.05. The summed E-state index contributed by atoms with van der Waals surface area (Å²) < 4.78 is 10.1. The Kier molecular flexibility index (Phi) is 4.88. The zero-order valence-corrected chi connectivity index (χ0v) is 17.3. The Labute approximate surface area is 174 Å². The van der Waals surface area contributed by atoms with Crippen molar-refractivity contribution >= 4 is 50.7 Å². The molecule has 3 aromatic heterocycles. The summed E-state index contributed by atoms with van der Waals surface area (Å²) in [5.41, 5.74) is 1.86. The first-order chi connectivity index (χ1) is 13.7. The highest BCUT2D eigenvalue weighted by Gasteiger charge is 2.22. The highest BCUT2D eigenvalue weighted by molar-refractivity contribution is 7.98. The molecule has 144 valence electrons. The van der Waals surface area contributed by atoms with Crippen LogP contribution in [-0.2, 0) is 17.0 Å². The summed E-state index contributed by atoms with van der Waals surface area (Å²) in [4.78, 5) is 13.0. The minimum Gasteiger partial charge on any atom is -0.376 e. The molecule has 1 aliphatic heterocycles. The lowest BCUT2D eigenvalue weighted by Gasteiger charge is -2.13. The predicted molar refractivity (Wildman–Crippen MR) is 113 cm³/mol. The van der Waals surface area contributed by atoms with Gasteiger partial charge in [0.05, 0.1) is 18.2 Å². The van der Waals surface area contributed by atoms with Crippen LogP contribution in [-0.4, -0.2) is 31.9 Å². The van der Waals surface area contributed by atoms with E-state index in [1.54, 1.807) is 16.3 Å². The molecule has 0 aliphatic carbocycles. The summed E-state index contributed by atoms with van der Waals surface area (Å²) in [5, 5.41) is 12.2. The smallest absolute Gasteiger partial charge is 0.272 e. The standard InChI is InChI=1S/C19H17ClN4O2S2/c20-14-6-2-1-4-12(14)11-28-19-22-21-18-23(10-13-5-3-8-26-13)17(25)16-15(24(18)19)7-9-27-16/h1-2,4,6-7,9,13H,3,5,8,10-11H2. The minimum atomic E-state index is -0.0250. The van der Waals surface area contributed by atoms with E-state index in [0.717, 1.165) is 40.7 Å². The van der Waals surface area contributed by atoms with Gasteiger partial charge in [0, 0.05) is 17.4 Å². The van der Waals surface area contributed by atoms with E-state index in [1.807, 2.05) is 40.1 Å². The van der Waals surface area contributed by atoms with Gasteiger partial charge in [0.1, 0.15) is 4.70 Å². The molecule has 9 heteroatoms. The Balaban J connectivity index is 1.58. The van der Waals surface area contributed by atoms with Gasteiger partial charge in [-0.15, -0.1) is 21.5 Å². The Morgan fingerprint density at radius 3 is 3.00 bits per heavy atom. The van der Waals surface area contributed by atoms with Crippen LogP contribution in [0.5, 0.6) is 0 Å². The Morgan fingerprint density at radius 1 is 1.29 bits per heavy atom. The van der Waals surface area contributed by atoms with Gasteiger partial charge in [0.25, 0.3) is 5.56 Å². The largest absolute Gasteiger partial charge is 0.376 e. The van der Waals surface area contributed by atoms with Gasteiger partial charge in [-0.1, -0.05) is 41.6 Å². The van der Waals surface area contributed by atoms with Crippen LogP contribution in [0.15, 0.2) is 45.7 Å². The van der Waals surface area contributed by atoms with Crippen molar-refractivity contribution in [2.45, 2.75) is 36.4 Å². The number of rotatable bonds is 5. The number of aromatic nitrogens is 4. The van der Waals surface area contributed by atoms with Crippen molar-refractivity contribution in [3.63, 3.8) is 0 Å². The molecule has 6 nitrogen and oxygen atoms in total. The summed E-state index contributed by atoms with van der Waals surface area (Å²) >= 11 is 9.30. The number of benzene rings is 1. The van der Waals surface area contributed by atoms with E-state index in [1.165, 1.54) is 11.3 Å². The SMILES string of the molecule is O=c1c2sccc2n2c(SCc3ccccc3Cl)nnc2n1CC1CCCO1. The summed E-state index contributed by atoms with van der Waals surface area (Å²) in [5.74, 6) is 1.24. The zero-order chi connectivity index (χ0) is 19.1. The number of thioether (sulfide) groups is 1. The van der Waals surface area contributed by atoms with Gasteiger partial charge in [-0.2, -0.15) is 0 Å². The fourth-order valence-corrected chi connectivity index (χ4v) is 5.56. The molecule has 1 atom stereocenters. The maximum absolute atomic E-state index is 13.0. The highest BCUT2D eigenvalue weighted by Crippen LogP contribution is 2.29. The fraction of sp³-hybridized carbons (Fsp3) is 0.316. The molecule has 4 aromatic rings. The number of halogens is 1. The van der Waals surface area contributed by atoms with E-state index in [-0.39, 0.29) is 11.7 Å². The van der Waals surface area contributed by atoms with Crippen LogP contribution in [0.25, 0.3) is 16.0 Å². The summed E-state index contributed by atoms with van der Waals surface area (Å²) in [6.45, 7) is 1.26. The van der Waals surface area contributed by atoms with Gasteiger partial charge in [-0.3, -0.25) is 13.8 Å². The van der Waals surface area contributed by atoms with Crippen molar-refractivity contribution in [1.82, 2.24) is 19.2 Å². The monoisotopic (exact) mass is 432 g/mol. The van der Waals surface area contributed by atoms with Crippen LogP contribution < -0.4 is 5.56 Å². The van der Waals surface area contributed by atoms with E-state index < -0.39 is 0 Å². The zero-order valence-electron chi connectivity index (χ0n) is 14.9. The molecular formula is C19H17ClN4O2S2. The molecule has 0 N–H and O–H groups in total. The van der Waals surface area contributed by atoms with Gasteiger partial charge < -0.3 is 4.74 Å². The van der Waals surface area contributed by atoms with Crippen LogP contribution in [0, 0.1) is 0 Å². The topological polar surface area (TPSA) is 61.4 Å². The Hall–Kier alpha value is -1.87. The maximum Gasteiger partial charge on any atom is 0.272 e. The van der Waals surface area contributed by atoms with Gasteiger partial charge in [-0.05, 0) is 35.9 Å². The van der Waals surface area contributed by atoms with Crippen molar-refractivity contribution in [3.8, 4) is 0 Å². The summed E-state index contributed by atoms with van der Waals surface area (Å²) in [6.07, 6.45) is 2.04. The molecule has 1 fully saturated rings. The van der Waals surface area contributed by atoms with Crippen LogP contribution in [0.2, 0.25) is 5.02 Å². The first kappa shape index (κ1) is 18.2. The third kappa shape index (κ3) is 3.14. The van der Waals surface area contributed by atoms with E-state index in [9.17, 15) is 4.79 Å². The molecule has 0 saturated carbocycles. The maximum atomic E-state index is 13.0.